The molecule has 16 heavy (non-hydrogen) atoms. The van der Waals surface area contributed by atoms with Crippen LogP contribution in [0.5, 0.6) is 0 Å². The van der Waals surface area contributed by atoms with E-state index < -0.39 is 0 Å². The molecule has 0 aromatic carbocycles. The maximum Gasteiger partial charge on any atom is 0.258 e. The molecule has 0 aliphatic carbocycles. The molecule has 0 saturated carbocycles. The molecule has 0 N–H and O–H groups in total. The molecule has 3 heterocycles. The van der Waals surface area contributed by atoms with E-state index in [1.54, 1.807) is 23.9 Å². The van der Waals surface area contributed by atoms with Crippen molar-refractivity contribution in [1.29, 1.82) is 0 Å². The molecular weight excluding hydrogens is 224 g/mol. The molecule has 0 bridgehead atoms. The zero-order valence-electron chi connectivity index (χ0n) is 8.28. The Labute approximate surface area is 95.4 Å². The molecule has 0 aliphatic heterocycles. The molecule has 0 saturated heterocycles. The van der Waals surface area contributed by atoms with Crippen molar-refractivity contribution in [3.8, 4) is 11.5 Å². The Morgan fingerprint density at radius 1 is 1.44 bits per heavy atom. The van der Waals surface area contributed by atoms with Crippen LogP contribution in [0.15, 0.2) is 40.1 Å². The van der Waals surface area contributed by atoms with Crippen LogP contribution in [0.2, 0.25) is 0 Å². The van der Waals surface area contributed by atoms with Gasteiger partial charge in [0.05, 0.1) is 18.4 Å². The number of thiophene rings is 1. The molecule has 3 aromatic rings. The summed E-state index contributed by atoms with van der Waals surface area (Å²) in [5, 5.41) is 7.88. The van der Waals surface area contributed by atoms with E-state index in [4.69, 9.17) is 4.52 Å². The fourth-order valence-corrected chi connectivity index (χ4v) is 1.99. The predicted octanol–water partition coefficient (Wildman–Crippen LogP) is 2.04. The van der Waals surface area contributed by atoms with E-state index in [2.05, 4.69) is 15.1 Å². The zero-order valence-corrected chi connectivity index (χ0v) is 9.09. The minimum absolute atomic E-state index is 0.566. The fraction of sp³-hybridized carbons (Fsp3) is 0.100. The quantitative estimate of drug-likeness (QED) is 0.693. The van der Waals surface area contributed by atoms with Crippen LogP contribution in [0.3, 0.4) is 0 Å². The summed E-state index contributed by atoms with van der Waals surface area (Å²) in [7, 11) is 0. The molecule has 0 fully saturated rings. The summed E-state index contributed by atoms with van der Waals surface area (Å²) in [5.74, 6) is 1.22. The zero-order chi connectivity index (χ0) is 10.8. The third-order valence-electron chi connectivity index (χ3n) is 2.12. The molecule has 5 nitrogen and oxygen atoms in total. The van der Waals surface area contributed by atoms with Crippen LogP contribution in [0.4, 0.5) is 0 Å². The molecular formula is C10H8N4OS. The smallest absolute Gasteiger partial charge is 0.258 e. The van der Waals surface area contributed by atoms with Gasteiger partial charge in [-0.2, -0.15) is 16.3 Å². The first-order valence-corrected chi connectivity index (χ1v) is 5.67. The Balaban J connectivity index is 1.83. The number of aromatic nitrogens is 4. The second-order valence-electron chi connectivity index (χ2n) is 3.26. The molecule has 0 atom stereocenters. The molecule has 0 radical (unpaired) electrons. The average Bonchev–Trinajstić information content (AvgIpc) is 2.99. The van der Waals surface area contributed by atoms with Crippen LogP contribution in [-0.4, -0.2) is 19.7 Å². The van der Waals surface area contributed by atoms with Gasteiger partial charge in [0.2, 0.25) is 0 Å². The molecule has 0 aliphatic rings. The van der Waals surface area contributed by atoms with Gasteiger partial charge in [-0.05, 0) is 11.4 Å². The van der Waals surface area contributed by atoms with Gasteiger partial charge < -0.3 is 9.09 Å². The Bertz CT molecular complexity index is 555. The van der Waals surface area contributed by atoms with Crippen molar-refractivity contribution in [2.75, 3.05) is 0 Å². The molecule has 0 amide bonds. The third kappa shape index (κ3) is 1.74. The summed E-state index contributed by atoms with van der Waals surface area (Å²) in [5.41, 5.74) is 0.967. The number of imidazole rings is 1. The van der Waals surface area contributed by atoms with Crippen molar-refractivity contribution >= 4 is 11.3 Å². The fourth-order valence-electron chi connectivity index (χ4n) is 1.37. The molecule has 6 heteroatoms. The van der Waals surface area contributed by atoms with E-state index in [0.717, 1.165) is 5.56 Å². The van der Waals surface area contributed by atoms with Crippen molar-refractivity contribution in [2.45, 2.75) is 6.54 Å². The van der Waals surface area contributed by atoms with E-state index in [0.29, 0.717) is 18.3 Å². The lowest BCUT2D eigenvalue weighted by Crippen LogP contribution is -1.98. The van der Waals surface area contributed by atoms with Crippen LogP contribution < -0.4 is 0 Å². The van der Waals surface area contributed by atoms with Crippen LogP contribution in [0.25, 0.3) is 11.5 Å². The summed E-state index contributed by atoms with van der Waals surface area (Å²) in [6, 6.07) is 1.96. The monoisotopic (exact) mass is 232 g/mol. The summed E-state index contributed by atoms with van der Waals surface area (Å²) in [6.07, 6.45) is 5.31. The number of hydrogen-bond donors (Lipinski definition) is 0. The van der Waals surface area contributed by atoms with Gasteiger partial charge in [0, 0.05) is 17.8 Å². The molecule has 80 valence electrons. The number of nitrogens with zero attached hydrogens (tertiary/aromatic N) is 4. The van der Waals surface area contributed by atoms with Crippen molar-refractivity contribution in [3.63, 3.8) is 0 Å². The normalized spacial score (nSPS) is 10.8. The summed E-state index contributed by atoms with van der Waals surface area (Å²) < 4.78 is 7.06. The van der Waals surface area contributed by atoms with Gasteiger partial charge >= 0.3 is 0 Å². The summed E-state index contributed by atoms with van der Waals surface area (Å²) >= 11 is 1.61. The first kappa shape index (κ1) is 9.29. The number of rotatable bonds is 3. The Hall–Kier alpha value is -1.95. The van der Waals surface area contributed by atoms with Gasteiger partial charge in [-0.25, -0.2) is 4.98 Å². The van der Waals surface area contributed by atoms with E-state index in [-0.39, 0.29) is 0 Å². The van der Waals surface area contributed by atoms with Gasteiger partial charge in [0.1, 0.15) is 0 Å². The highest BCUT2D eigenvalue weighted by molar-refractivity contribution is 7.08. The van der Waals surface area contributed by atoms with E-state index in [1.807, 2.05) is 27.6 Å². The van der Waals surface area contributed by atoms with Gasteiger partial charge in [0.15, 0.2) is 5.82 Å². The van der Waals surface area contributed by atoms with Crippen LogP contribution in [-0.2, 0) is 6.54 Å². The second-order valence-corrected chi connectivity index (χ2v) is 4.04. The highest BCUT2D eigenvalue weighted by Crippen LogP contribution is 2.19. The standard InChI is InChI=1S/C10H8N4OS/c1-4-16-6-8(1)10-12-9(13-15-10)5-14-3-2-11-7-14/h1-4,6-7H,5H2. The summed E-state index contributed by atoms with van der Waals surface area (Å²) in [6.45, 7) is 0.577. The Morgan fingerprint density at radius 2 is 2.44 bits per heavy atom. The summed E-state index contributed by atoms with van der Waals surface area (Å²) in [4.78, 5) is 8.26. The lowest BCUT2D eigenvalue weighted by atomic mass is 10.3. The van der Waals surface area contributed by atoms with E-state index in [9.17, 15) is 0 Å². The first-order valence-electron chi connectivity index (χ1n) is 4.73. The SMILES string of the molecule is c1cn(Cc2noc(-c3ccsc3)n2)cn1. The maximum atomic E-state index is 5.17. The average molecular weight is 232 g/mol. The minimum atomic E-state index is 0.566. The van der Waals surface area contributed by atoms with Crippen molar-refractivity contribution in [2.24, 2.45) is 0 Å². The van der Waals surface area contributed by atoms with Gasteiger partial charge in [-0.3, -0.25) is 0 Å². The Kier molecular flexibility index (Phi) is 2.26. The van der Waals surface area contributed by atoms with Crippen LogP contribution in [0.1, 0.15) is 5.82 Å². The van der Waals surface area contributed by atoms with Gasteiger partial charge in [-0.1, -0.05) is 5.16 Å². The first-order chi connectivity index (χ1) is 7.92. The highest BCUT2D eigenvalue weighted by Gasteiger charge is 2.08. The van der Waals surface area contributed by atoms with Crippen molar-refractivity contribution in [3.05, 3.63) is 41.4 Å². The van der Waals surface area contributed by atoms with Gasteiger partial charge in [0.25, 0.3) is 5.89 Å². The molecule has 0 spiro atoms. The third-order valence-corrected chi connectivity index (χ3v) is 2.80. The molecule has 3 aromatic heterocycles. The lowest BCUT2D eigenvalue weighted by Gasteiger charge is -1.93. The van der Waals surface area contributed by atoms with E-state index in [1.165, 1.54) is 0 Å². The van der Waals surface area contributed by atoms with E-state index >= 15 is 0 Å². The van der Waals surface area contributed by atoms with Gasteiger partial charge in [-0.15, -0.1) is 0 Å². The molecule has 3 rings (SSSR count). The topological polar surface area (TPSA) is 56.7 Å². The largest absolute Gasteiger partial charge is 0.334 e. The minimum Gasteiger partial charge on any atom is -0.334 e. The van der Waals surface area contributed by atoms with Crippen LogP contribution >= 0.6 is 11.3 Å². The predicted molar refractivity (Wildman–Crippen MR) is 58.9 cm³/mol. The maximum absolute atomic E-state index is 5.17. The number of hydrogen-bond acceptors (Lipinski definition) is 5. The van der Waals surface area contributed by atoms with Crippen LogP contribution in [0, 0.1) is 0 Å². The Morgan fingerprint density at radius 3 is 3.19 bits per heavy atom. The second kappa shape index (κ2) is 3.90. The molecule has 0 unspecified atom stereocenters. The van der Waals surface area contributed by atoms with Crippen molar-refractivity contribution in [1.82, 2.24) is 19.7 Å². The highest BCUT2D eigenvalue weighted by atomic mass is 32.1. The lowest BCUT2D eigenvalue weighted by molar-refractivity contribution is 0.420. The van der Waals surface area contributed by atoms with Crippen molar-refractivity contribution < 1.29 is 4.52 Å².